The normalized spacial score (nSPS) is 12.0. The predicted octanol–water partition coefficient (Wildman–Crippen LogP) is 6.55. The fourth-order valence-corrected chi connectivity index (χ4v) is 4.16. The van der Waals surface area contributed by atoms with Gasteiger partial charge in [-0.2, -0.15) is 0 Å². The SMILES string of the molecule is c1ccc2c(c1)-c1cccc([N]c3cccc4c3-c3ccccc3-4)c1-2. The highest BCUT2D eigenvalue weighted by molar-refractivity contribution is 6.09. The summed E-state index contributed by atoms with van der Waals surface area (Å²) in [4.78, 5) is 0. The molecule has 2 aliphatic carbocycles. The van der Waals surface area contributed by atoms with E-state index in [1.807, 2.05) is 0 Å². The molecule has 0 aromatic heterocycles. The maximum absolute atomic E-state index is 5.06. The molecule has 115 valence electrons. The Balaban J connectivity index is 1.46. The zero-order valence-corrected chi connectivity index (χ0v) is 13.5. The molecule has 0 N–H and O–H groups in total. The Labute approximate surface area is 146 Å². The molecule has 0 saturated carbocycles. The van der Waals surface area contributed by atoms with E-state index in [4.69, 9.17) is 5.32 Å². The monoisotopic (exact) mass is 316 g/mol. The molecular formula is C24H14N. The van der Waals surface area contributed by atoms with Crippen LogP contribution in [0.15, 0.2) is 84.9 Å². The quantitative estimate of drug-likeness (QED) is 0.344. The fourth-order valence-electron chi connectivity index (χ4n) is 4.16. The number of rotatable bonds is 2. The molecule has 0 unspecified atom stereocenters. The summed E-state index contributed by atoms with van der Waals surface area (Å²) in [6.07, 6.45) is 0. The van der Waals surface area contributed by atoms with Crippen molar-refractivity contribution in [3.05, 3.63) is 84.9 Å². The summed E-state index contributed by atoms with van der Waals surface area (Å²) in [5.74, 6) is 0. The Hall–Kier alpha value is -3.32. The molecule has 0 aliphatic heterocycles. The maximum Gasteiger partial charge on any atom is 0.0722 e. The van der Waals surface area contributed by atoms with Crippen LogP contribution in [0.2, 0.25) is 0 Å². The molecule has 0 amide bonds. The number of hydrogen-bond donors (Lipinski definition) is 0. The number of fused-ring (bicyclic) bond motifs is 8. The van der Waals surface area contributed by atoms with E-state index >= 15 is 0 Å². The second-order valence-corrected chi connectivity index (χ2v) is 6.60. The smallest absolute Gasteiger partial charge is 0.0722 e. The van der Waals surface area contributed by atoms with Crippen LogP contribution >= 0.6 is 0 Å². The molecule has 1 radical (unpaired) electrons. The zero-order chi connectivity index (χ0) is 16.4. The molecule has 2 aliphatic rings. The Kier molecular flexibility index (Phi) is 2.40. The number of hydrogen-bond acceptors (Lipinski definition) is 0. The van der Waals surface area contributed by atoms with Crippen LogP contribution in [0.25, 0.3) is 44.5 Å². The first kappa shape index (κ1) is 13.0. The van der Waals surface area contributed by atoms with Crippen LogP contribution in [0.3, 0.4) is 0 Å². The predicted molar refractivity (Wildman–Crippen MR) is 103 cm³/mol. The van der Waals surface area contributed by atoms with E-state index in [2.05, 4.69) is 84.9 Å². The van der Waals surface area contributed by atoms with Crippen molar-refractivity contribution in [1.29, 1.82) is 0 Å². The summed E-state index contributed by atoms with van der Waals surface area (Å²) in [6.45, 7) is 0. The van der Waals surface area contributed by atoms with E-state index in [1.165, 1.54) is 44.5 Å². The Morgan fingerprint density at radius 1 is 0.360 bits per heavy atom. The van der Waals surface area contributed by atoms with E-state index in [0.717, 1.165) is 11.4 Å². The van der Waals surface area contributed by atoms with Gasteiger partial charge in [0, 0.05) is 11.1 Å². The van der Waals surface area contributed by atoms with Gasteiger partial charge < -0.3 is 0 Å². The first-order valence-corrected chi connectivity index (χ1v) is 8.59. The summed E-state index contributed by atoms with van der Waals surface area (Å²) < 4.78 is 0. The van der Waals surface area contributed by atoms with Crippen molar-refractivity contribution in [2.75, 3.05) is 0 Å². The van der Waals surface area contributed by atoms with Gasteiger partial charge in [0.15, 0.2) is 0 Å². The van der Waals surface area contributed by atoms with Crippen molar-refractivity contribution in [3.8, 4) is 44.5 Å². The van der Waals surface area contributed by atoms with Crippen LogP contribution in [0.5, 0.6) is 0 Å². The lowest BCUT2D eigenvalue weighted by atomic mass is 9.78. The molecule has 0 saturated heterocycles. The largest absolute Gasteiger partial charge is 0.248 e. The van der Waals surface area contributed by atoms with Gasteiger partial charge in [-0.3, -0.25) is 0 Å². The Bertz CT molecular complexity index is 1080. The third-order valence-corrected chi connectivity index (χ3v) is 5.30. The van der Waals surface area contributed by atoms with Crippen molar-refractivity contribution in [2.24, 2.45) is 0 Å². The highest BCUT2D eigenvalue weighted by atomic mass is 14.9. The first-order chi connectivity index (χ1) is 12.4. The zero-order valence-electron chi connectivity index (χ0n) is 13.5. The first-order valence-electron chi connectivity index (χ1n) is 8.59. The van der Waals surface area contributed by atoms with E-state index in [1.54, 1.807) is 0 Å². The summed E-state index contributed by atoms with van der Waals surface area (Å²) in [7, 11) is 0. The van der Waals surface area contributed by atoms with Crippen molar-refractivity contribution in [3.63, 3.8) is 0 Å². The van der Waals surface area contributed by atoms with Crippen molar-refractivity contribution in [2.45, 2.75) is 0 Å². The molecular weight excluding hydrogens is 302 g/mol. The fraction of sp³-hybridized carbons (Fsp3) is 0. The minimum Gasteiger partial charge on any atom is -0.248 e. The standard InChI is InChI=1S/C24H14N/c1-3-9-17-15(7-1)19-11-5-13-21(23(17)19)25-22-14-6-12-20-16-8-2-4-10-18(16)24(20)22/h1-14H. The number of benzene rings is 4. The third-order valence-electron chi connectivity index (χ3n) is 5.30. The maximum atomic E-state index is 5.06. The van der Waals surface area contributed by atoms with Gasteiger partial charge in [-0.25, -0.2) is 5.32 Å². The van der Waals surface area contributed by atoms with Gasteiger partial charge in [0.25, 0.3) is 0 Å². The molecule has 6 rings (SSSR count). The van der Waals surface area contributed by atoms with Gasteiger partial charge in [0.1, 0.15) is 0 Å². The van der Waals surface area contributed by atoms with E-state index < -0.39 is 0 Å². The molecule has 0 fully saturated rings. The van der Waals surface area contributed by atoms with Crippen LogP contribution in [0.1, 0.15) is 0 Å². The van der Waals surface area contributed by atoms with E-state index in [0.29, 0.717) is 0 Å². The van der Waals surface area contributed by atoms with Crippen LogP contribution in [-0.2, 0) is 0 Å². The van der Waals surface area contributed by atoms with Crippen LogP contribution < -0.4 is 5.32 Å². The van der Waals surface area contributed by atoms with Gasteiger partial charge in [-0.1, -0.05) is 72.8 Å². The van der Waals surface area contributed by atoms with Crippen LogP contribution in [-0.4, -0.2) is 0 Å². The van der Waals surface area contributed by atoms with Crippen molar-refractivity contribution in [1.82, 2.24) is 5.32 Å². The molecule has 1 nitrogen and oxygen atoms in total. The topological polar surface area (TPSA) is 14.1 Å². The van der Waals surface area contributed by atoms with Gasteiger partial charge in [0.05, 0.1) is 11.4 Å². The van der Waals surface area contributed by atoms with Crippen LogP contribution in [0, 0.1) is 0 Å². The second-order valence-electron chi connectivity index (χ2n) is 6.60. The molecule has 25 heavy (non-hydrogen) atoms. The van der Waals surface area contributed by atoms with Gasteiger partial charge in [0.2, 0.25) is 0 Å². The van der Waals surface area contributed by atoms with Gasteiger partial charge >= 0.3 is 0 Å². The van der Waals surface area contributed by atoms with Gasteiger partial charge in [-0.15, -0.1) is 0 Å². The van der Waals surface area contributed by atoms with E-state index in [9.17, 15) is 0 Å². The molecule has 1 heteroatoms. The van der Waals surface area contributed by atoms with Crippen molar-refractivity contribution >= 4 is 11.4 Å². The third kappa shape index (κ3) is 1.62. The molecule has 4 aromatic rings. The lowest BCUT2D eigenvalue weighted by Crippen LogP contribution is -2.05. The Morgan fingerprint density at radius 3 is 1.24 bits per heavy atom. The molecule has 0 spiro atoms. The highest BCUT2D eigenvalue weighted by Gasteiger charge is 2.28. The molecule has 0 heterocycles. The average Bonchev–Trinajstić information content (AvgIpc) is 2.64. The van der Waals surface area contributed by atoms with E-state index in [-0.39, 0.29) is 0 Å². The summed E-state index contributed by atoms with van der Waals surface area (Å²) in [5, 5.41) is 5.06. The van der Waals surface area contributed by atoms with Crippen LogP contribution in [0.4, 0.5) is 11.4 Å². The lowest BCUT2D eigenvalue weighted by molar-refractivity contribution is 1.18. The summed E-state index contributed by atoms with van der Waals surface area (Å²) >= 11 is 0. The number of nitrogens with zero attached hydrogens (tertiary/aromatic N) is 1. The Morgan fingerprint density at radius 2 is 0.760 bits per heavy atom. The minimum absolute atomic E-state index is 1.06. The second kappa shape index (κ2) is 4.61. The average molecular weight is 316 g/mol. The van der Waals surface area contributed by atoms with Gasteiger partial charge in [-0.05, 0) is 45.5 Å². The summed E-state index contributed by atoms with van der Waals surface area (Å²) in [5.41, 5.74) is 12.6. The lowest BCUT2D eigenvalue weighted by Gasteiger charge is -2.29. The summed E-state index contributed by atoms with van der Waals surface area (Å²) in [6, 6.07) is 30.0. The molecule has 0 bridgehead atoms. The minimum atomic E-state index is 1.06. The highest BCUT2D eigenvalue weighted by Crippen LogP contribution is 2.54. The molecule has 4 aromatic carbocycles. The van der Waals surface area contributed by atoms with Crippen molar-refractivity contribution < 1.29 is 0 Å². The molecule has 0 atom stereocenters.